The Morgan fingerprint density at radius 1 is 0.578 bits per heavy atom. The predicted octanol–water partition coefficient (Wildman–Crippen LogP) is 8.76. The number of aromatic hydroxyl groups is 1. The van der Waals surface area contributed by atoms with Gasteiger partial charge in [-0.1, -0.05) is 59.4 Å². The van der Waals surface area contributed by atoms with Crippen LogP contribution >= 0.6 is 0 Å². The molecule has 3 aromatic carbocycles. The number of rotatable bonds is 22. The summed E-state index contributed by atoms with van der Waals surface area (Å²) in [6, 6.07) is 8.46. The summed E-state index contributed by atoms with van der Waals surface area (Å²) in [6.07, 6.45) is 12.1. The van der Waals surface area contributed by atoms with Crippen LogP contribution in [-0.2, 0) is 12.8 Å². The molecular weight excluding hydrogens is 564 g/mol. The number of carboxylic acid groups (broad SMARTS) is 2. The van der Waals surface area contributed by atoms with Crippen molar-refractivity contribution in [2.24, 2.45) is 0 Å². The van der Waals surface area contributed by atoms with Gasteiger partial charge in [-0.2, -0.15) is 0 Å². The van der Waals surface area contributed by atoms with Crippen LogP contribution in [0.3, 0.4) is 0 Å². The fourth-order valence-corrected chi connectivity index (χ4v) is 6.43. The largest absolute Gasteiger partial charge is 0.507 e. The van der Waals surface area contributed by atoms with Gasteiger partial charge in [0.2, 0.25) is 0 Å². The summed E-state index contributed by atoms with van der Waals surface area (Å²) in [7, 11) is 0. The van der Waals surface area contributed by atoms with Gasteiger partial charge in [0, 0.05) is 5.39 Å². The molecule has 0 saturated heterocycles. The minimum Gasteiger partial charge on any atom is -0.507 e. The van der Waals surface area contributed by atoms with Crippen LogP contribution in [0.4, 0.5) is 0 Å². The van der Waals surface area contributed by atoms with E-state index in [-0.39, 0.29) is 11.3 Å². The van der Waals surface area contributed by atoms with E-state index in [9.17, 15) is 24.9 Å². The van der Waals surface area contributed by atoms with Crippen molar-refractivity contribution >= 4 is 33.5 Å². The van der Waals surface area contributed by atoms with Gasteiger partial charge in [0.15, 0.2) is 0 Å². The highest BCUT2D eigenvalue weighted by Crippen LogP contribution is 2.38. The lowest BCUT2D eigenvalue weighted by molar-refractivity contribution is 0.0684. The highest BCUT2D eigenvalue weighted by atomic mass is 16.4. The summed E-state index contributed by atoms with van der Waals surface area (Å²) >= 11 is 0. The molecule has 3 rings (SSSR count). The lowest BCUT2D eigenvalue weighted by atomic mass is 9.87. The maximum absolute atomic E-state index is 13.0. The lowest BCUT2D eigenvalue weighted by Crippen LogP contribution is -2.28. The minimum absolute atomic E-state index is 0.0269. The first kappa shape index (κ1) is 36.3. The first-order valence-electron chi connectivity index (χ1n) is 17.4. The Bertz CT molecular complexity index is 1390. The molecule has 0 amide bonds. The number of benzene rings is 3. The summed E-state index contributed by atoms with van der Waals surface area (Å²) in [6.45, 7) is 14.9. The fraction of sp³-hybridized carbons (Fsp3) is 0.579. The van der Waals surface area contributed by atoms with Crippen molar-refractivity contribution in [3.8, 4) is 5.75 Å². The average molecular weight is 621 g/mol. The molecule has 7 heteroatoms. The number of carbonyl (C=O) groups is 2. The maximum atomic E-state index is 13.0. The van der Waals surface area contributed by atoms with Gasteiger partial charge >= 0.3 is 11.9 Å². The SMILES string of the molecule is CCCCN(CCCC)CCCc1cc2c(cc(O)c3cc(C(=O)O)ccc32)c(CCCN(CCCC)CCCC)c1C(=O)O. The molecule has 0 radical (unpaired) electrons. The van der Waals surface area contributed by atoms with Crippen LogP contribution in [0.1, 0.15) is 124 Å². The molecule has 45 heavy (non-hydrogen) atoms. The van der Waals surface area contributed by atoms with Crippen LogP contribution in [0.2, 0.25) is 0 Å². The van der Waals surface area contributed by atoms with E-state index in [4.69, 9.17) is 0 Å². The molecule has 0 fully saturated rings. The topological polar surface area (TPSA) is 101 Å². The summed E-state index contributed by atoms with van der Waals surface area (Å²) in [5, 5.41) is 34.1. The van der Waals surface area contributed by atoms with Crippen LogP contribution in [0.5, 0.6) is 5.75 Å². The quantitative estimate of drug-likeness (QED) is 0.0965. The Balaban J connectivity index is 2.07. The number of fused-ring (bicyclic) bond motifs is 3. The second-order valence-corrected chi connectivity index (χ2v) is 12.6. The molecule has 0 heterocycles. The zero-order chi connectivity index (χ0) is 32.8. The molecule has 0 saturated carbocycles. The van der Waals surface area contributed by atoms with Gasteiger partial charge < -0.3 is 25.1 Å². The number of phenols is 1. The van der Waals surface area contributed by atoms with Crippen molar-refractivity contribution in [2.45, 2.75) is 105 Å². The third-order valence-corrected chi connectivity index (χ3v) is 9.02. The predicted molar refractivity (Wildman–Crippen MR) is 186 cm³/mol. The van der Waals surface area contributed by atoms with Crippen molar-refractivity contribution in [1.82, 2.24) is 9.80 Å². The van der Waals surface area contributed by atoms with Gasteiger partial charge in [-0.05, 0) is 142 Å². The van der Waals surface area contributed by atoms with Gasteiger partial charge in [-0.25, -0.2) is 9.59 Å². The van der Waals surface area contributed by atoms with Crippen LogP contribution < -0.4 is 0 Å². The Labute approximate surface area is 270 Å². The number of hydrogen-bond acceptors (Lipinski definition) is 5. The number of nitrogens with zero attached hydrogens (tertiary/aromatic N) is 2. The highest BCUT2D eigenvalue weighted by Gasteiger charge is 2.22. The number of aryl methyl sites for hydroxylation is 2. The van der Waals surface area contributed by atoms with E-state index in [0.717, 1.165) is 131 Å². The first-order chi connectivity index (χ1) is 21.7. The van der Waals surface area contributed by atoms with Gasteiger partial charge in [0.25, 0.3) is 0 Å². The molecule has 0 aliphatic heterocycles. The van der Waals surface area contributed by atoms with Crippen molar-refractivity contribution in [1.29, 1.82) is 0 Å². The number of unbranched alkanes of at least 4 members (excludes halogenated alkanes) is 4. The second-order valence-electron chi connectivity index (χ2n) is 12.6. The zero-order valence-corrected chi connectivity index (χ0v) is 28.2. The number of carboxylic acids is 2. The molecule has 0 unspecified atom stereocenters. The summed E-state index contributed by atoms with van der Waals surface area (Å²) < 4.78 is 0. The Kier molecular flexibility index (Phi) is 15.1. The monoisotopic (exact) mass is 620 g/mol. The molecule has 0 aliphatic carbocycles. The summed E-state index contributed by atoms with van der Waals surface area (Å²) in [5.41, 5.74) is 2.07. The van der Waals surface area contributed by atoms with E-state index in [1.165, 1.54) is 6.07 Å². The third kappa shape index (κ3) is 10.2. The minimum atomic E-state index is -1.05. The van der Waals surface area contributed by atoms with Crippen molar-refractivity contribution < 1.29 is 24.9 Å². The number of aromatic carboxylic acids is 2. The van der Waals surface area contributed by atoms with Crippen LogP contribution in [0.15, 0.2) is 30.3 Å². The third-order valence-electron chi connectivity index (χ3n) is 9.02. The van der Waals surface area contributed by atoms with Crippen molar-refractivity contribution in [3.05, 3.63) is 52.6 Å². The molecule has 0 aliphatic rings. The number of hydrogen-bond donors (Lipinski definition) is 3. The van der Waals surface area contributed by atoms with E-state index in [2.05, 4.69) is 37.5 Å². The van der Waals surface area contributed by atoms with E-state index < -0.39 is 11.9 Å². The van der Waals surface area contributed by atoms with Crippen molar-refractivity contribution in [3.63, 3.8) is 0 Å². The highest BCUT2D eigenvalue weighted by molar-refractivity contribution is 6.14. The average Bonchev–Trinajstić information content (AvgIpc) is 3.02. The molecular formula is C38H56N2O5. The molecule has 0 aromatic heterocycles. The zero-order valence-electron chi connectivity index (χ0n) is 28.2. The Hall–Kier alpha value is -3.16. The molecule has 248 valence electrons. The van der Waals surface area contributed by atoms with E-state index >= 15 is 0 Å². The number of phenolic OH excluding ortho intramolecular Hbond substituents is 1. The van der Waals surface area contributed by atoms with Crippen LogP contribution in [0, 0.1) is 0 Å². The van der Waals surface area contributed by atoms with E-state index in [1.54, 1.807) is 18.2 Å². The normalized spacial score (nSPS) is 11.8. The molecule has 7 nitrogen and oxygen atoms in total. The van der Waals surface area contributed by atoms with Crippen LogP contribution in [0.25, 0.3) is 21.5 Å². The maximum Gasteiger partial charge on any atom is 0.336 e. The molecule has 0 spiro atoms. The van der Waals surface area contributed by atoms with Gasteiger partial charge in [0.1, 0.15) is 5.75 Å². The molecule has 0 atom stereocenters. The molecule has 3 N–H and O–H groups in total. The smallest absolute Gasteiger partial charge is 0.336 e. The fourth-order valence-electron chi connectivity index (χ4n) is 6.43. The van der Waals surface area contributed by atoms with E-state index in [0.29, 0.717) is 23.8 Å². The van der Waals surface area contributed by atoms with Crippen molar-refractivity contribution in [2.75, 3.05) is 39.3 Å². The van der Waals surface area contributed by atoms with Gasteiger partial charge in [0.05, 0.1) is 11.1 Å². The molecule has 0 bridgehead atoms. The van der Waals surface area contributed by atoms with Crippen LogP contribution in [-0.4, -0.2) is 76.3 Å². The van der Waals surface area contributed by atoms with E-state index in [1.807, 2.05) is 6.07 Å². The summed E-state index contributed by atoms with van der Waals surface area (Å²) in [4.78, 5) is 29.7. The van der Waals surface area contributed by atoms with Gasteiger partial charge in [-0.15, -0.1) is 0 Å². The Morgan fingerprint density at radius 2 is 1.09 bits per heavy atom. The van der Waals surface area contributed by atoms with Gasteiger partial charge in [-0.3, -0.25) is 0 Å². The first-order valence-corrected chi connectivity index (χ1v) is 17.4. The Morgan fingerprint density at radius 3 is 1.58 bits per heavy atom. The lowest BCUT2D eigenvalue weighted by Gasteiger charge is -2.24. The summed E-state index contributed by atoms with van der Waals surface area (Å²) in [5.74, 6) is -2.00. The standard InChI is InChI=1S/C38H56N2O5/c1-5-9-19-39(20-10-6-2)23-13-15-28-25-32-30-18-17-29(37(42)43)26-34(30)35(41)27-33(32)31(36(28)38(44)45)16-14-24-40(21-11-7-3)22-12-8-4/h17-18,25-27,41H,5-16,19-24H2,1-4H3,(H,42,43)(H,44,45). The molecule has 3 aromatic rings. The second kappa shape index (κ2) is 18.7.